The zero-order valence-electron chi connectivity index (χ0n) is 11.4. The molecule has 1 amide bonds. The van der Waals surface area contributed by atoms with Crippen LogP contribution in [-0.4, -0.2) is 24.4 Å². The number of amides is 1. The van der Waals surface area contributed by atoms with Crippen LogP contribution in [0.2, 0.25) is 0 Å². The predicted molar refractivity (Wildman–Crippen MR) is 78.3 cm³/mol. The van der Waals surface area contributed by atoms with Crippen LogP contribution >= 0.6 is 0 Å². The van der Waals surface area contributed by atoms with Crippen molar-refractivity contribution in [2.45, 2.75) is 12.8 Å². The first kappa shape index (κ1) is 13.3. The Kier molecular flexibility index (Phi) is 4.35. The lowest BCUT2D eigenvalue weighted by Gasteiger charge is -2.22. The molecule has 0 aliphatic rings. The molecule has 0 saturated heterocycles. The third kappa shape index (κ3) is 3.44. The summed E-state index contributed by atoms with van der Waals surface area (Å²) >= 11 is 0. The Morgan fingerprint density at radius 2 is 1.53 bits per heavy atom. The molecular weight excluding hydrogens is 234 g/mol. The fourth-order valence-corrected chi connectivity index (χ4v) is 2.18. The van der Waals surface area contributed by atoms with Gasteiger partial charge in [0.15, 0.2) is 0 Å². The number of rotatable bonds is 4. The van der Waals surface area contributed by atoms with Gasteiger partial charge in [-0.15, -0.1) is 0 Å². The van der Waals surface area contributed by atoms with Crippen LogP contribution in [0.1, 0.15) is 28.8 Å². The minimum Gasteiger partial charge on any atom is -0.341 e. The molecule has 2 aromatic rings. The molecule has 0 heterocycles. The van der Waals surface area contributed by atoms with Gasteiger partial charge in [0.05, 0.1) is 0 Å². The van der Waals surface area contributed by atoms with Crippen molar-refractivity contribution in [1.29, 1.82) is 0 Å². The Morgan fingerprint density at radius 3 is 2.11 bits per heavy atom. The van der Waals surface area contributed by atoms with E-state index in [2.05, 4.69) is 19.1 Å². The molecule has 98 valence electrons. The molecule has 0 spiro atoms. The number of carbonyl (C=O) groups excluding carboxylic acids is 1. The van der Waals surface area contributed by atoms with E-state index in [-0.39, 0.29) is 5.91 Å². The smallest absolute Gasteiger partial charge is 0.253 e. The average Bonchev–Trinajstić information content (AvgIpc) is 2.48. The second-order valence-corrected chi connectivity index (χ2v) is 4.86. The first-order valence-electron chi connectivity index (χ1n) is 6.54. The minimum atomic E-state index is 0.0726. The van der Waals surface area contributed by atoms with Crippen molar-refractivity contribution in [3.63, 3.8) is 0 Å². The minimum absolute atomic E-state index is 0.0726. The Balaban J connectivity index is 2.02. The molecule has 0 bridgehead atoms. The van der Waals surface area contributed by atoms with E-state index >= 15 is 0 Å². The van der Waals surface area contributed by atoms with Crippen molar-refractivity contribution in [1.82, 2.24) is 4.90 Å². The molecule has 2 heteroatoms. The number of hydrogen-bond donors (Lipinski definition) is 0. The van der Waals surface area contributed by atoms with Gasteiger partial charge in [0.2, 0.25) is 0 Å². The van der Waals surface area contributed by atoms with Crippen LogP contribution in [0, 0.1) is 0 Å². The Bertz CT molecular complexity index is 521. The molecule has 0 radical (unpaired) electrons. The maximum atomic E-state index is 12.2. The van der Waals surface area contributed by atoms with Crippen molar-refractivity contribution in [3.8, 4) is 0 Å². The lowest BCUT2D eigenvalue weighted by Crippen LogP contribution is -2.30. The van der Waals surface area contributed by atoms with E-state index in [1.807, 2.05) is 55.6 Å². The van der Waals surface area contributed by atoms with Crippen molar-refractivity contribution >= 4 is 5.91 Å². The van der Waals surface area contributed by atoms with Crippen LogP contribution < -0.4 is 0 Å². The lowest BCUT2D eigenvalue weighted by molar-refractivity contribution is 0.0788. The number of carbonyl (C=O) groups is 1. The zero-order valence-corrected chi connectivity index (χ0v) is 11.4. The van der Waals surface area contributed by atoms with Crippen molar-refractivity contribution < 1.29 is 4.79 Å². The van der Waals surface area contributed by atoms with E-state index in [9.17, 15) is 4.79 Å². The van der Waals surface area contributed by atoms with Crippen LogP contribution in [-0.2, 0) is 0 Å². The molecule has 19 heavy (non-hydrogen) atoms. The highest BCUT2D eigenvalue weighted by Gasteiger charge is 2.14. The maximum absolute atomic E-state index is 12.2. The molecule has 0 saturated carbocycles. The molecule has 1 unspecified atom stereocenters. The van der Waals surface area contributed by atoms with Gasteiger partial charge < -0.3 is 4.90 Å². The second-order valence-electron chi connectivity index (χ2n) is 4.86. The number of hydrogen-bond acceptors (Lipinski definition) is 1. The predicted octanol–water partition coefficient (Wildman–Crippen LogP) is 3.56. The van der Waals surface area contributed by atoms with Crippen LogP contribution in [0.15, 0.2) is 60.7 Å². The van der Waals surface area contributed by atoms with Crippen molar-refractivity contribution in [2.75, 3.05) is 13.6 Å². The molecule has 0 fully saturated rings. The quantitative estimate of drug-likeness (QED) is 0.815. The molecule has 0 aliphatic heterocycles. The number of benzene rings is 2. The molecule has 2 rings (SSSR count). The first-order chi connectivity index (χ1) is 9.18. The van der Waals surface area contributed by atoms with Crippen molar-refractivity contribution in [2.24, 2.45) is 0 Å². The third-order valence-electron chi connectivity index (χ3n) is 3.28. The summed E-state index contributed by atoms with van der Waals surface area (Å²) in [5.41, 5.74) is 2.00. The van der Waals surface area contributed by atoms with Crippen LogP contribution in [0.25, 0.3) is 0 Å². The molecule has 0 N–H and O–H groups in total. The number of likely N-dealkylation sites (N-methyl/N-ethyl adjacent to an activating group) is 1. The van der Waals surface area contributed by atoms with E-state index < -0.39 is 0 Å². The fraction of sp³-hybridized carbons (Fsp3) is 0.235. The summed E-state index contributed by atoms with van der Waals surface area (Å²) in [5, 5.41) is 0. The summed E-state index contributed by atoms with van der Waals surface area (Å²) < 4.78 is 0. The van der Waals surface area contributed by atoms with E-state index in [1.165, 1.54) is 5.56 Å². The Labute approximate surface area is 114 Å². The number of nitrogens with zero attached hydrogens (tertiary/aromatic N) is 1. The summed E-state index contributed by atoms with van der Waals surface area (Å²) in [4.78, 5) is 14.0. The largest absolute Gasteiger partial charge is 0.341 e. The zero-order chi connectivity index (χ0) is 13.7. The SMILES string of the molecule is CC(CN(C)C(=O)c1ccccc1)c1ccccc1. The van der Waals surface area contributed by atoms with Crippen LogP contribution in [0.4, 0.5) is 0 Å². The van der Waals surface area contributed by atoms with E-state index in [0.717, 1.165) is 12.1 Å². The summed E-state index contributed by atoms with van der Waals surface area (Å²) in [6.45, 7) is 2.86. The molecular formula is C17H19NO. The Hall–Kier alpha value is -2.09. The molecule has 0 aromatic heterocycles. The summed E-state index contributed by atoms with van der Waals surface area (Å²) in [7, 11) is 1.86. The average molecular weight is 253 g/mol. The van der Waals surface area contributed by atoms with Gasteiger partial charge in [-0.2, -0.15) is 0 Å². The topological polar surface area (TPSA) is 20.3 Å². The van der Waals surface area contributed by atoms with Gasteiger partial charge in [-0.1, -0.05) is 55.5 Å². The summed E-state index contributed by atoms with van der Waals surface area (Å²) in [5.74, 6) is 0.405. The third-order valence-corrected chi connectivity index (χ3v) is 3.28. The Morgan fingerprint density at radius 1 is 1.00 bits per heavy atom. The highest BCUT2D eigenvalue weighted by Crippen LogP contribution is 2.16. The normalized spacial score (nSPS) is 11.9. The fourth-order valence-electron chi connectivity index (χ4n) is 2.18. The maximum Gasteiger partial charge on any atom is 0.253 e. The van der Waals surface area contributed by atoms with Gasteiger partial charge in [-0.05, 0) is 23.6 Å². The van der Waals surface area contributed by atoms with Crippen LogP contribution in [0.5, 0.6) is 0 Å². The first-order valence-corrected chi connectivity index (χ1v) is 6.54. The lowest BCUT2D eigenvalue weighted by atomic mass is 10.0. The molecule has 0 aliphatic carbocycles. The van der Waals surface area contributed by atoms with E-state index in [4.69, 9.17) is 0 Å². The van der Waals surface area contributed by atoms with Gasteiger partial charge in [0, 0.05) is 19.2 Å². The standard InChI is InChI=1S/C17H19NO/c1-14(15-9-5-3-6-10-15)13-18(2)17(19)16-11-7-4-8-12-16/h3-12,14H,13H2,1-2H3. The summed E-state index contributed by atoms with van der Waals surface area (Å²) in [6.07, 6.45) is 0. The van der Waals surface area contributed by atoms with Crippen LogP contribution in [0.3, 0.4) is 0 Å². The molecule has 2 nitrogen and oxygen atoms in total. The molecule has 1 atom stereocenters. The monoisotopic (exact) mass is 253 g/mol. The molecule has 2 aromatic carbocycles. The van der Waals surface area contributed by atoms with Gasteiger partial charge in [-0.25, -0.2) is 0 Å². The second kappa shape index (κ2) is 6.19. The highest BCUT2D eigenvalue weighted by atomic mass is 16.2. The van der Waals surface area contributed by atoms with Gasteiger partial charge in [0.25, 0.3) is 5.91 Å². The van der Waals surface area contributed by atoms with Gasteiger partial charge in [-0.3, -0.25) is 4.79 Å². The highest BCUT2D eigenvalue weighted by molar-refractivity contribution is 5.94. The van der Waals surface area contributed by atoms with E-state index in [0.29, 0.717) is 5.92 Å². The van der Waals surface area contributed by atoms with Gasteiger partial charge >= 0.3 is 0 Å². The van der Waals surface area contributed by atoms with Crippen molar-refractivity contribution in [3.05, 3.63) is 71.8 Å². The van der Waals surface area contributed by atoms with Gasteiger partial charge in [0.1, 0.15) is 0 Å². The summed E-state index contributed by atoms with van der Waals surface area (Å²) in [6, 6.07) is 19.7. The van der Waals surface area contributed by atoms with E-state index in [1.54, 1.807) is 4.90 Å².